The van der Waals surface area contributed by atoms with E-state index in [1.165, 1.54) is 12.1 Å². The molecule has 17 heavy (non-hydrogen) atoms. The second-order valence-electron chi connectivity index (χ2n) is 3.66. The lowest BCUT2D eigenvalue weighted by atomic mass is 10.1. The van der Waals surface area contributed by atoms with Gasteiger partial charge in [0.2, 0.25) is 5.91 Å². The lowest BCUT2D eigenvalue weighted by Crippen LogP contribution is -2.38. The summed E-state index contributed by atoms with van der Waals surface area (Å²) < 4.78 is 13.3. The number of carbonyl (C=O) groups is 1. The Bertz CT molecular complexity index is 426. The first-order valence-electron chi connectivity index (χ1n) is 5.06. The number of aryl methyl sites for hydroxylation is 1. The van der Waals surface area contributed by atoms with Gasteiger partial charge in [0.1, 0.15) is 11.9 Å². The Labute approximate surface area is 104 Å². The van der Waals surface area contributed by atoms with E-state index in [4.69, 9.17) is 22.4 Å². The molecule has 4 nitrogen and oxygen atoms in total. The summed E-state index contributed by atoms with van der Waals surface area (Å²) in [5, 5.41) is 11.9. The fourth-order valence-electron chi connectivity index (χ4n) is 1.23. The van der Waals surface area contributed by atoms with Crippen LogP contribution in [0.3, 0.4) is 0 Å². The monoisotopic (exact) mass is 260 g/mol. The number of aliphatic hydroxyl groups is 1. The van der Waals surface area contributed by atoms with Gasteiger partial charge in [-0.25, -0.2) is 4.39 Å². The van der Waals surface area contributed by atoms with Crippen LogP contribution < -0.4 is 11.1 Å². The molecule has 0 aliphatic heterocycles. The van der Waals surface area contributed by atoms with Crippen molar-refractivity contribution in [3.63, 3.8) is 0 Å². The second-order valence-corrected chi connectivity index (χ2v) is 4.07. The van der Waals surface area contributed by atoms with Gasteiger partial charge in [0, 0.05) is 18.1 Å². The highest BCUT2D eigenvalue weighted by Gasteiger charge is 2.13. The van der Waals surface area contributed by atoms with Gasteiger partial charge in [-0.2, -0.15) is 0 Å². The van der Waals surface area contributed by atoms with Gasteiger partial charge >= 0.3 is 0 Å². The summed E-state index contributed by atoms with van der Waals surface area (Å²) in [5.74, 6) is -0.998. The third-order valence-electron chi connectivity index (χ3n) is 2.31. The van der Waals surface area contributed by atoms with E-state index in [1.807, 2.05) is 0 Å². The smallest absolute Gasteiger partial charge is 0.250 e. The van der Waals surface area contributed by atoms with E-state index in [9.17, 15) is 9.18 Å². The molecule has 1 rings (SSSR count). The van der Waals surface area contributed by atoms with Crippen LogP contribution >= 0.6 is 11.6 Å². The maximum absolute atomic E-state index is 13.3. The molecular formula is C11H14ClFN2O2. The average Bonchev–Trinajstić information content (AvgIpc) is 2.30. The molecule has 4 N–H and O–H groups in total. The summed E-state index contributed by atoms with van der Waals surface area (Å²) in [5.41, 5.74) is 6.01. The van der Waals surface area contributed by atoms with E-state index >= 15 is 0 Å². The molecule has 0 bridgehead atoms. The van der Waals surface area contributed by atoms with Crippen molar-refractivity contribution < 1.29 is 14.3 Å². The SMILES string of the molecule is Cc1cc(Cl)c(CNC(=O)C(O)CN)cc1F. The van der Waals surface area contributed by atoms with Crippen LogP contribution in [0, 0.1) is 12.7 Å². The van der Waals surface area contributed by atoms with Gasteiger partial charge in [0.05, 0.1) is 0 Å². The topological polar surface area (TPSA) is 75.3 Å². The first kappa shape index (κ1) is 13.9. The zero-order valence-corrected chi connectivity index (χ0v) is 10.1. The summed E-state index contributed by atoms with van der Waals surface area (Å²) in [6.07, 6.45) is -1.26. The van der Waals surface area contributed by atoms with Crippen molar-refractivity contribution in [2.45, 2.75) is 19.6 Å². The Morgan fingerprint density at radius 2 is 2.29 bits per heavy atom. The highest BCUT2D eigenvalue weighted by molar-refractivity contribution is 6.31. The van der Waals surface area contributed by atoms with E-state index in [0.717, 1.165) is 0 Å². The minimum absolute atomic E-state index is 0.0475. The van der Waals surface area contributed by atoms with E-state index in [2.05, 4.69) is 5.32 Å². The van der Waals surface area contributed by atoms with Crippen molar-refractivity contribution >= 4 is 17.5 Å². The summed E-state index contributed by atoms with van der Waals surface area (Å²) >= 11 is 5.89. The predicted molar refractivity (Wildman–Crippen MR) is 63.1 cm³/mol. The van der Waals surface area contributed by atoms with Crippen molar-refractivity contribution in [3.8, 4) is 0 Å². The van der Waals surface area contributed by atoms with E-state index in [0.29, 0.717) is 16.1 Å². The molecule has 0 aromatic heterocycles. The van der Waals surface area contributed by atoms with Gasteiger partial charge in [-0.1, -0.05) is 11.6 Å². The lowest BCUT2D eigenvalue weighted by molar-refractivity contribution is -0.128. The molecule has 94 valence electrons. The zero-order chi connectivity index (χ0) is 13.0. The summed E-state index contributed by atoms with van der Waals surface area (Å²) in [6, 6.07) is 2.74. The molecule has 1 atom stereocenters. The van der Waals surface area contributed by atoms with Crippen molar-refractivity contribution in [1.29, 1.82) is 0 Å². The number of nitrogens with two attached hydrogens (primary N) is 1. The number of hydrogen-bond acceptors (Lipinski definition) is 3. The van der Waals surface area contributed by atoms with Crippen LogP contribution in [-0.2, 0) is 11.3 Å². The van der Waals surface area contributed by atoms with Crippen LogP contribution in [0.4, 0.5) is 4.39 Å². The van der Waals surface area contributed by atoms with E-state index in [1.54, 1.807) is 6.92 Å². The quantitative estimate of drug-likeness (QED) is 0.747. The number of rotatable bonds is 4. The number of hydrogen-bond donors (Lipinski definition) is 3. The molecule has 0 radical (unpaired) electrons. The first-order valence-corrected chi connectivity index (χ1v) is 5.44. The molecule has 0 aliphatic rings. The fraction of sp³-hybridized carbons (Fsp3) is 0.364. The van der Waals surface area contributed by atoms with Gasteiger partial charge in [-0.05, 0) is 30.2 Å². The number of halogens is 2. The lowest BCUT2D eigenvalue weighted by Gasteiger charge is -2.11. The Balaban J connectivity index is 2.70. The average molecular weight is 261 g/mol. The van der Waals surface area contributed by atoms with Gasteiger partial charge in [-0.15, -0.1) is 0 Å². The van der Waals surface area contributed by atoms with Crippen LogP contribution in [-0.4, -0.2) is 23.7 Å². The van der Waals surface area contributed by atoms with E-state index < -0.39 is 17.8 Å². The summed E-state index contributed by atoms with van der Waals surface area (Å²) in [7, 11) is 0. The molecule has 0 spiro atoms. The third kappa shape index (κ3) is 3.66. The highest BCUT2D eigenvalue weighted by Crippen LogP contribution is 2.20. The Morgan fingerprint density at radius 3 is 2.88 bits per heavy atom. The van der Waals surface area contributed by atoms with Crippen LogP contribution in [0.5, 0.6) is 0 Å². The first-order chi connectivity index (χ1) is 7.95. The van der Waals surface area contributed by atoms with Crippen molar-refractivity contribution in [1.82, 2.24) is 5.32 Å². The fourth-order valence-corrected chi connectivity index (χ4v) is 1.52. The Hall–Kier alpha value is -1.17. The van der Waals surface area contributed by atoms with Crippen LogP contribution in [0.2, 0.25) is 5.02 Å². The molecule has 1 aromatic rings. The summed E-state index contributed by atoms with van der Waals surface area (Å²) in [4.78, 5) is 11.2. The number of nitrogens with one attached hydrogen (secondary N) is 1. The standard InChI is InChI=1S/C11H14ClFN2O2/c1-6-2-8(12)7(3-9(6)13)5-15-11(17)10(16)4-14/h2-3,10,16H,4-5,14H2,1H3,(H,15,17). The highest BCUT2D eigenvalue weighted by atomic mass is 35.5. The molecule has 0 heterocycles. The van der Waals surface area contributed by atoms with Crippen molar-refractivity contribution in [3.05, 3.63) is 34.1 Å². The van der Waals surface area contributed by atoms with Gasteiger partial charge < -0.3 is 16.2 Å². The predicted octanol–water partition coefficient (Wildman–Crippen LogP) is 0.723. The molecular weight excluding hydrogens is 247 g/mol. The van der Waals surface area contributed by atoms with Crippen LogP contribution in [0.25, 0.3) is 0 Å². The Kier molecular flexibility index (Phi) is 4.86. The van der Waals surface area contributed by atoms with Crippen molar-refractivity contribution in [2.24, 2.45) is 5.73 Å². The molecule has 1 amide bonds. The number of carbonyl (C=O) groups excluding carboxylic acids is 1. The largest absolute Gasteiger partial charge is 0.382 e. The molecule has 0 fully saturated rings. The molecule has 1 aromatic carbocycles. The zero-order valence-electron chi connectivity index (χ0n) is 9.34. The van der Waals surface area contributed by atoms with Crippen molar-refractivity contribution in [2.75, 3.05) is 6.54 Å². The van der Waals surface area contributed by atoms with Crippen LogP contribution in [0.1, 0.15) is 11.1 Å². The number of amides is 1. The summed E-state index contributed by atoms with van der Waals surface area (Å²) in [6.45, 7) is 1.48. The molecule has 6 heteroatoms. The minimum atomic E-state index is -1.26. The minimum Gasteiger partial charge on any atom is -0.382 e. The van der Waals surface area contributed by atoms with Gasteiger partial charge in [-0.3, -0.25) is 4.79 Å². The molecule has 0 saturated heterocycles. The van der Waals surface area contributed by atoms with E-state index in [-0.39, 0.29) is 13.1 Å². The Morgan fingerprint density at radius 1 is 1.65 bits per heavy atom. The molecule has 0 aliphatic carbocycles. The maximum atomic E-state index is 13.3. The maximum Gasteiger partial charge on any atom is 0.250 e. The number of benzene rings is 1. The molecule has 0 saturated carbocycles. The van der Waals surface area contributed by atoms with Crippen LogP contribution in [0.15, 0.2) is 12.1 Å². The van der Waals surface area contributed by atoms with Gasteiger partial charge in [0.15, 0.2) is 0 Å². The third-order valence-corrected chi connectivity index (χ3v) is 2.66. The second kappa shape index (κ2) is 5.95. The normalized spacial score (nSPS) is 12.3. The molecule has 1 unspecified atom stereocenters. The number of aliphatic hydroxyl groups excluding tert-OH is 1. The van der Waals surface area contributed by atoms with Gasteiger partial charge in [0.25, 0.3) is 0 Å².